The van der Waals surface area contributed by atoms with Gasteiger partial charge in [0.25, 0.3) is 0 Å². The molecule has 0 spiro atoms. The molecule has 0 fully saturated rings. The molecule has 0 unspecified atom stereocenters. The second-order valence-electron chi connectivity index (χ2n) is 4.40. The Kier molecular flexibility index (Phi) is 4.22. The van der Waals surface area contributed by atoms with Crippen LogP contribution in [0, 0.1) is 13.8 Å². The Labute approximate surface area is 116 Å². The highest BCUT2D eigenvalue weighted by Crippen LogP contribution is 2.26. The second-order valence-corrected chi connectivity index (χ2v) is 5.42. The van der Waals surface area contributed by atoms with E-state index < -0.39 is 5.97 Å². The molecular formula is C15H15NO2S. The van der Waals surface area contributed by atoms with Gasteiger partial charge in [-0.05, 0) is 37.6 Å². The Morgan fingerprint density at radius 2 is 2.05 bits per heavy atom. The van der Waals surface area contributed by atoms with Crippen LogP contribution in [0.2, 0.25) is 0 Å². The van der Waals surface area contributed by atoms with Crippen molar-refractivity contribution in [2.45, 2.75) is 24.5 Å². The summed E-state index contributed by atoms with van der Waals surface area (Å²) in [6.07, 6.45) is 1.40. The van der Waals surface area contributed by atoms with Crippen molar-refractivity contribution in [2.75, 3.05) is 0 Å². The van der Waals surface area contributed by atoms with Crippen LogP contribution < -0.4 is 0 Å². The van der Waals surface area contributed by atoms with E-state index in [-0.39, 0.29) is 5.56 Å². The first-order chi connectivity index (χ1) is 9.06. The van der Waals surface area contributed by atoms with Gasteiger partial charge in [0.2, 0.25) is 0 Å². The number of thioether (sulfide) groups is 1. The van der Waals surface area contributed by atoms with E-state index in [4.69, 9.17) is 5.11 Å². The van der Waals surface area contributed by atoms with Crippen molar-refractivity contribution in [3.05, 3.63) is 58.9 Å². The van der Waals surface area contributed by atoms with Crippen LogP contribution in [0.15, 0.2) is 41.4 Å². The molecule has 19 heavy (non-hydrogen) atoms. The third-order valence-electron chi connectivity index (χ3n) is 2.78. The van der Waals surface area contributed by atoms with Gasteiger partial charge in [-0.15, -0.1) is 11.8 Å². The van der Waals surface area contributed by atoms with Crippen LogP contribution in [0.3, 0.4) is 0 Å². The summed E-state index contributed by atoms with van der Waals surface area (Å²) in [5, 5.41) is 8.80. The Bertz CT molecular complexity index is 594. The number of carboxylic acid groups (broad SMARTS) is 1. The molecule has 2 aromatic rings. The number of nitrogens with zero attached hydrogens (tertiary/aromatic N) is 1. The van der Waals surface area contributed by atoms with Crippen LogP contribution in [-0.4, -0.2) is 16.1 Å². The molecular weight excluding hydrogens is 258 g/mol. The number of aromatic carboxylic acids is 1. The number of aromatic nitrogens is 1. The first-order valence-electron chi connectivity index (χ1n) is 5.94. The zero-order chi connectivity index (χ0) is 13.8. The van der Waals surface area contributed by atoms with E-state index in [0.29, 0.717) is 0 Å². The first kappa shape index (κ1) is 13.6. The van der Waals surface area contributed by atoms with Crippen LogP contribution in [-0.2, 0) is 5.75 Å². The number of aryl methyl sites for hydroxylation is 2. The largest absolute Gasteiger partial charge is 0.478 e. The van der Waals surface area contributed by atoms with Gasteiger partial charge < -0.3 is 5.11 Å². The topological polar surface area (TPSA) is 50.2 Å². The summed E-state index contributed by atoms with van der Waals surface area (Å²) in [6.45, 7) is 4.17. The van der Waals surface area contributed by atoms with Crippen LogP contribution >= 0.6 is 11.8 Å². The van der Waals surface area contributed by atoms with Gasteiger partial charge in [-0.25, -0.2) is 4.79 Å². The van der Waals surface area contributed by atoms with Crippen LogP contribution in [0.25, 0.3) is 0 Å². The predicted octanol–water partition coefficient (Wildman–Crippen LogP) is 3.69. The van der Waals surface area contributed by atoms with Crippen molar-refractivity contribution in [1.29, 1.82) is 0 Å². The van der Waals surface area contributed by atoms with Crippen molar-refractivity contribution in [2.24, 2.45) is 0 Å². The minimum Gasteiger partial charge on any atom is -0.478 e. The molecule has 3 nitrogen and oxygen atoms in total. The number of hydrogen-bond donors (Lipinski definition) is 1. The highest BCUT2D eigenvalue weighted by atomic mass is 32.2. The lowest BCUT2D eigenvalue weighted by Crippen LogP contribution is -1.98. The number of rotatable bonds is 4. The van der Waals surface area contributed by atoms with Gasteiger partial charge in [0.15, 0.2) is 0 Å². The van der Waals surface area contributed by atoms with E-state index in [1.54, 1.807) is 23.9 Å². The molecule has 1 aromatic heterocycles. The average molecular weight is 273 g/mol. The lowest BCUT2D eigenvalue weighted by atomic mass is 10.2. The highest BCUT2D eigenvalue weighted by molar-refractivity contribution is 7.98. The Morgan fingerprint density at radius 3 is 2.63 bits per heavy atom. The lowest BCUT2D eigenvalue weighted by Gasteiger charge is -2.06. The third kappa shape index (κ3) is 3.58. The zero-order valence-electron chi connectivity index (χ0n) is 10.9. The van der Waals surface area contributed by atoms with E-state index in [2.05, 4.69) is 37.0 Å². The fourth-order valence-corrected chi connectivity index (χ4v) is 2.67. The minimum absolute atomic E-state index is 0.222. The molecule has 0 bridgehead atoms. The van der Waals surface area contributed by atoms with Crippen molar-refractivity contribution >= 4 is 17.7 Å². The average Bonchev–Trinajstić information content (AvgIpc) is 2.38. The van der Waals surface area contributed by atoms with Crippen LogP contribution in [0.1, 0.15) is 27.2 Å². The molecule has 1 aromatic carbocycles. The molecule has 2 rings (SSSR count). The summed E-state index contributed by atoms with van der Waals surface area (Å²) < 4.78 is 0. The zero-order valence-corrected chi connectivity index (χ0v) is 11.7. The summed E-state index contributed by atoms with van der Waals surface area (Å²) >= 11 is 1.71. The summed E-state index contributed by atoms with van der Waals surface area (Å²) in [4.78, 5) is 16.1. The fourth-order valence-electron chi connectivity index (χ4n) is 1.75. The standard InChI is InChI=1S/C15H15NO2S/c1-10-3-6-14(11(2)7-10)19-9-13-5-4-12(8-16-13)15(17)18/h3-8H,9H2,1-2H3,(H,17,18). The van der Waals surface area contributed by atoms with Gasteiger partial charge in [-0.2, -0.15) is 0 Å². The summed E-state index contributed by atoms with van der Waals surface area (Å²) in [5.74, 6) is -0.204. The Balaban J connectivity index is 2.04. The smallest absolute Gasteiger partial charge is 0.337 e. The number of carboxylic acids is 1. The van der Waals surface area contributed by atoms with Crippen molar-refractivity contribution < 1.29 is 9.90 Å². The minimum atomic E-state index is -0.943. The number of pyridine rings is 1. The normalized spacial score (nSPS) is 10.4. The highest BCUT2D eigenvalue weighted by Gasteiger charge is 2.04. The maximum atomic E-state index is 10.7. The van der Waals surface area contributed by atoms with Gasteiger partial charge in [0.05, 0.1) is 11.3 Å². The Hall–Kier alpha value is -1.81. The van der Waals surface area contributed by atoms with Crippen LogP contribution in [0.4, 0.5) is 0 Å². The second kappa shape index (κ2) is 5.89. The van der Waals surface area contributed by atoms with Gasteiger partial charge in [0.1, 0.15) is 0 Å². The number of benzene rings is 1. The van der Waals surface area contributed by atoms with E-state index in [1.165, 1.54) is 22.2 Å². The van der Waals surface area contributed by atoms with Crippen molar-refractivity contribution in [3.63, 3.8) is 0 Å². The molecule has 0 radical (unpaired) electrons. The van der Waals surface area contributed by atoms with Crippen molar-refractivity contribution in [3.8, 4) is 0 Å². The van der Waals surface area contributed by atoms with E-state index >= 15 is 0 Å². The molecule has 0 saturated heterocycles. The molecule has 1 N–H and O–H groups in total. The maximum absolute atomic E-state index is 10.7. The summed E-state index contributed by atoms with van der Waals surface area (Å²) in [7, 11) is 0. The third-order valence-corrected chi connectivity index (χ3v) is 3.99. The molecule has 0 aliphatic heterocycles. The first-order valence-corrected chi connectivity index (χ1v) is 6.93. The van der Waals surface area contributed by atoms with E-state index in [0.717, 1.165) is 11.4 Å². The SMILES string of the molecule is Cc1ccc(SCc2ccc(C(=O)O)cn2)c(C)c1. The van der Waals surface area contributed by atoms with E-state index in [1.807, 2.05) is 0 Å². The van der Waals surface area contributed by atoms with Gasteiger partial charge >= 0.3 is 5.97 Å². The van der Waals surface area contributed by atoms with E-state index in [9.17, 15) is 4.79 Å². The molecule has 0 saturated carbocycles. The summed E-state index contributed by atoms with van der Waals surface area (Å²) in [5.41, 5.74) is 3.62. The van der Waals surface area contributed by atoms with Crippen molar-refractivity contribution in [1.82, 2.24) is 4.98 Å². The molecule has 4 heteroatoms. The molecule has 0 aliphatic rings. The van der Waals surface area contributed by atoms with Gasteiger partial charge in [-0.3, -0.25) is 4.98 Å². The Morgan fingerprint density at radius 1 is 1.26 bits per heavy atom. The molecule has 0 atom stereocenters. The monoisotopic (exact) mass is 273 g/mol. The quantitative estimate of drug-likeness (QED) is 0.863. The number of carbonyl (C=O) groups is 1. The van der Waals surface area contributed by atoms with Gasteiger partial charge in [0, 0.05) is 16.8 Å². The summed E-state index contributed by atoms with van der Waals surface area (Å²) in [6, 6.07) is 9.72. The molecule has 0 amide bonds. The number of hydrogen-bond acceptors (Lipinski definition) is 3. The van der Waals surface area contributed by atoms with Crippen LogP contribution in [0.5, 0.6) is 0 Å². The maximum Gasteiger partial charge on any atom is 0.337 e. The fraction of sp³-hybridized carbons (Fsp3) is 0.200. The molecule has 1 heterocycles. The van der Waals surface area contributed by atoms with Gasteiger partial charge in [-0.1, -0.05) is 17.7 Å². The predicted molar refractivity (Wildman–Crippen MR) is 76.7 cm³/mol. The molecule has 0 aliphatic carbocycles. The molecule has 98 valence electrons. The lowest BCUT2D eigenvalue weighted by molar-refractivity contribution is 0.0696.